The van der Waals surface area contributed by atoms with Crippen LogP contribution in [0.15, 0.2) is 34.6 Å². The molecular formula is C14H18BrN3O. The Morgan fingerprint density at radius 2 is 2.16 bits per heavy atom. The molecule has 0 aromatic carbocycles. The number of nitrogens with one attached hydrogen (secondary N) is 2. The highest BCUT2D eigenvalue weighted by Crippen LogP contribution is 2.30. The molecule has 1 aliphatic carbocycles. The number of hydrogen-bond acceptors (Lipinski definition) is 2. The molecule has 1 aliphatic rings. The van der Waals surface area contributed by atoms with Gasteiger partial charge in [-0.3, -0.25) is 5.32 Å². The van der Waals surface area contributed by atoms with Gasteiger partial charge >= 0.3 is 6.03 Å². The fourth-order valence-corrected chi connectivity index (χ4v) is 2.52. The topological polar surface area (TPSA) is 54.0 Å². The van der Waals surface area contributed by atoms with E-state index >= 15 is 0 Å². The number of anilines is 1. The van der Waals surface area contributed by atoms with Crippen molar-refractivity contribution in [2.75, 3.05) is 5.32 Å². The van der Waals surface area contributed by atoms with Crippen LogP contribution in [0.5, 0.6) is 0 Å². The number of amides is 2. The van der Waals surface area contributed by atoms with Crippen molar-refractivity contribution in [1.29, 1.82) is 0 Å². The number of carbonyl (C=O) groups excluding carboxylic acids is 1. The third-order valence-electron chi connectivity index (χ3n) is 3.40. The van der Waals surface area contributed by atoms with Crippen molar-refractivity contribution in [2.24, 2.45) is 5.92 Å². The quantitative estimate of drug-likeness (QED) is 0.881. The van der Waals surface area contributed by atoms with Gasteiger partial charge in [0, 0.05) is 16.9 Å². The molecule has 102 valence electrons. The summed E-state index contributed by atoms with van der Waals surface area (Å²) in [7, 11) is 0. The second kappa shape index (κ2) is 6.70. The zero-order valence-electron chi connectivity index (χ0n) is 10.9. The summed E-state index contributed by atoms with van der Waals surface area (Å²) < 4.78 is 0.885. The summed E-state index contributed by atoms with van der Waals surface area (Å²) in [5.74, 6) is 1.17. The Kier molecular flexibility index (Phi) is 4.96. The number of halogens is 1. The number of rotatable bonds is 3. The molecule has 1 aromatic heterocycles. The van der Waals surface area contributed by atoms with Gasteiger partial charge < -0.3 is 5.32 Å². The molecule has 2 amide bonds. The van der Waals surface area contributed by atoms with Gasteiger partial charge in [-0.05, 0) is 53.7 Å². The Morgan fingerprint density at radius 3 is 2.79 bits per heavy atom. The van der Waals surface area contributed by atoms with Crippen LogP contribution in [0.4, 0.5) is 10.6 Å². The van der Waals surface area contributed by atoms with Gasteiger partial charge in [-0.2, -0.15) is 0 Å². The molecule has 19 heavy (non-hydrogen) atoms. The number of pyridine rings is 1. The van der Waals surface area contributed by atoms with Crippen LogP contribution in [-0.2, 0) is 0 Å². The van der Waals surface area contributed by atoms with Crippen molar-refractivity contribution in [1.82, 2.24) is 10.3 Å². The minimum absolute atomic E-state index is 0.257. The monoisotopic (exact) mass is 323 g/mol. The van der Waals surface area contributed by atoms with Crippen molar-refractivity contribution < 1.29 is 4.79 Å². The van der Waals surface area contributed by atoms with Gasteiger partial charge in [0.05, 0.1) is 0 Å². The first-order chi connectivity index (χ1) is 9.15. The van der Waals surface area contributed by atoms with Crippen molar-refractivity contribution in [3.8, 4) is 0 Å². The van der Waals surface area contributed by atoms with Crippen LogP contribution in [-0.4, -0.2) is 11.0 Å². The molecule has 5 heteroatoms. The van der Waals surface area contributed by atoms with E-state index < -0.39 is 0 Å². The number of allylic oxidation sites excluding steroid dienone is 1. The van der Waals surface area contributed by atoms with Crippen molar-refractivity contribution in [2.45, 2.75) is 32.6 Å². The first kappa shape index (κ1) is 14.1. The first-order valence-corrected chi connectivity index (χ1v) is 7.30. The Balaban J connectivity index is 1.83. The molecule has 1 aromatic rings. The SMILES string of the molecule is C/C(=C\NC(=O)Nc1ccc(Br)cn1)C1CCCC1. The summed E-state index contributed by atoms with van der Waals surface area (Å²) >= 11 is 3.30. The molecule has 0 unspecified atom stereocenters. The summed E-state index contributed by atoms with van der Waals surface area (Å²) in [6.45, 7) is 2.08. The molecule has 1 saturated carbocycles. The lowest BCUT2D eigenvalue weighted by Crippen LogP contribution is -2.25. The van der Waals surface area contributed by atoms with Gasteiger partial charge in [-0.1, -0.05) is 18.4 Å². The maximum Gasteiger partial charge on any atom is 0.324 e. The van der Waals surface area contributed by atoms with Crippen LogP contribution in [0.25, 0.3) is 0 Å². The summed E-state index contributed by atoms with van der Waals surface area (Å²) in [6.07, 6.45) is 8.52. The van der Waals surface area contributed by atoms with E-state index in [0.29, 0.717) is 11.7 Å². The minimum Gasteiger partial charge on any atom is -0.314 e. The third-order valence-corrected chi connectivity index (χ3v) is 3.87. The molecule has 0 radical (unpaired) electrons. The molecule has 1 heterocycles. The van der Waals surface area contributed by atoms with Gasteiger partial charge in [0.1, 0.15) is 5.82 Å². The van der Waals surface area contributed by atoms with Gasteiger partial charge in [-0.15, -0.1) is 0 Å². The second-order valence-corrected chi connectivity index (χ2v) is 5.75. The smallest absolute Gasteiger partial charge is 0.314 e. The standard InChI is InChI=1S/C14H18BrN3O/c1-10(11-4-2-3-5-11)8-17-14(19)18-13-7-6-12(15)9-16-13/h6-9,11H,2-5H2,1H3,(H2,16,17,18,19)/b10-8+. The van der Waals surface area contributed by atoms with Gasteiger partial charge in [0.2, 0.25) is 0 Å². The lowest BCUT2D eigenvalue weighted by molar-refractivity contribution is 0.255. The van der Waals surface area contributed by atoms with Gasteiger partial charge in [0.15, 0.2) is 0 Å². The van der Waals surface area contributed by atoms with Crippen LogP contribution < -0.4 is 10.6 Å². The Hall–Kier alpha value is -1.36. The fraction of sp³-hybridized carbons (Fsp3) is 0.429. The van der Waals surface area contributed by atoms with Crippen LogP contribution in [0, 0.1) is 5.92 Å². The number of nitrogens with zero attached hydrogens (tertiary/aromatic N) is 1. The normalized spacial score (nSPS) is 16.4. The molecule has 0 atom stereocenters. The lowest BCUT2D eigenvalue weighted by Gasteiger charge is -2.10. The van der Waals surface area contributed by atoms with E-state index in [1.54, 1.807) is 12.3 Å². The number of carbonyl (C=O) groups is 1. The Morgan fingerprint density at radius 1 is 1.42 bits per heavy atom. The summed E-state index contributed by atoms with van der Waals surface area (Å²) in [4.78, 5) is 15.8. The first-order valence-electron chi connectivity index (χ1n) is 6.51. The minimum atomic E-state index is -0.257. The number of urea groups is 1. The largest absolute Gasteiger partial charge is 0.324 e. The maximum atomic E-state index is 11.7. The molecule has 4 nitrogen and oxygen atoms in total. The van der Waals surface area contributed by atoms with E-state index in [2.05, 4.69) is 38.5 Å². The van der Waals surface area contributed by atoms with Crippen molar-refractivity contribution in [3.05, 3.63) is 34.6 Å². The van der Waals surface area contributed by atoms with Crippen LogP contribution in [0.2, 0.25) is 0 Å². The average molecular weight is 324 g/mol. The number of aromatic nitrogens is 1. The summed E-state index contributed by atoms with van der Waals surface area (Å²) in [5, 5.41) is 5.45. The van der Waals surface area contributed by atoms with Crippen LogP contribution >= 0.6 is 15.9 Å². The van der Waals surface area contributed by atoms with E-state index in [1.165, 1.54) is 31.3 Å². The molecule has 1 fully saturated rings. The molecule has 2 rings (SSSR count). The highest BCUT2D eigenvalue weighted by atomic mass is 79.9. The summed E-state index contributed by atoms with van der Waals surface area (Å²) in [5.41, 5.74) is 1.25. The van der Waals surface area contributed by atoms with Crippen molar-refractivity contribution in [3.63, 3.8) is 0 Å². The molecule has 0 saturated heterocycles. The Labute approximate surface area is 121 Å². The molecular weight excluding hydrogens is 306 g/mol. The van der Waals surface area contributed by atoms with Crippen molar-refractivity contribution >= 4 is 27.8 Å². The van der Waals surface area contributed by atoms with E-state index in [9.17, 15) is 4.79 Å². The zero-order chi connectivity index (χ0) is 13.7. The van der Waals surface area contributed by atoms with E-state index in [-0.39, 0.29) is 6.03 Å². The van der Waals surface area contributed by atoms with E-state index in [1.807, 2.05) is 12.3 Å². The van der Waals surface area contributed by atoms with Crippen LogP contribution in [0.1, 0.15) is 32.6 Å². The fourth-order valence-electron chi connectivity index (χ4n) is 2.28. The predicted octanol–water partition coefficient (Wildman–Crippen LogP) is 4.06. The number of hydrogen-bond donors (Lipinski definition) is 2. The summed E-state index contributed by atoms with van der Waals surface area (Å²) in [6, 6.07) is 3.33. The zero-order valence-corrected chi connectivity index (χ0v) is 12.5. The van der Waals surface area contributed by atoms with Gasteiger partial charge in [0.25, 0.3) is 0 Å². The molecule has 0 bridgehead atoms. The maximum absolute atomic E-state index is 11.7. The second-order valence-electron chi connectivity index (χ2n) is 4.83. The lowest BCUT2D eigenvalue weighted by atomic mass is 10.0. The highest BCUT2D eigenvalue weighted by Gasteiger charge is 2.16. The Bertz CT molecular complexity index is 464. The average Bonchev–Trinajstić information content (AvgIpc) is 2.93. The van der Waals surface area contributed by atoms with Gasteiger partial charge in [-0.25, -0.2) is 9.78 Å². The molecule has 0 spiro atoms. The molecule has 2 N–H and O–H groups in total. The third kappa shape index (κ3) is 4.35. The highest BCUT2D eigenvalue weighted by molar-refractivity contribution is 9.10. The van der Waals surface area contributed by atoms with Crippen LogP contribution in [0.3, 0.4) is 0 Å². The molecule has 0 aliphatic heterocycles. The van der Waals surface area contributed by atoms with E-state index in [0.717, 1.165) is 4.47 Å². The predicted molar refractivity (Wildman–Crippen MR) is 79.8 cm³/mol. The van der Waals surface area contributed by atoms with E-state index in [4.69, 9.17) is 0 Å².